The van der Waals surface area contributed by atoms with Crippen molar-refractivity contribution in [1.82, 2.24) is 10.2 Å². The topological polar surface area (TPSA) is 41.6 Å². The number of benzene rings is 2. The Bertz CT molecular complexity index is 644. The number of nitrogens with zero attached hydrogens (tertiary/aromatic N) is 1. The van der Waals surface area contributed by atoms with Crippen LogP contribution >= 0.6 is 11.6 Å². The molecule has 2 aromatic carbocycles. The molecule has 2 rings (SSSR count). The van der Waals surface area contributed by atoms with Crippen molar-refractivity contribution < 1.29 is 9.53 Å². The fraction of sp³-hybridized carbons (Fsp3) is 0.278. The van der Waals surface area contributed by atoms with Crippen LogP contribution in [0.1, 0.15) is 11.1 Å². The Kier molecular flexibility index (Phi) is 6.29. The third-order valence-electron chi connectivity index (χ3n) is 3.50. The highest BCUT2D eigenvalue weighted by Crippen LogP contribution is 2.14. The fourth-order valence-electron chi connectivity index (χ4n) is 2.22. The SMILES string of the molecule is COc1cccc(CN(C)C(=O)NCCc2ccc(Cl)cc2)c1. The van der Waals surface area contributed by atoms with Gasteiger partial charge < -0.3 is 15.0 Å². The van der Waals surface area contributed by atoms with E-state index >= 15 is 0 Å². The van der Waals surface area contributed by atoms with Crippen LogP contribution in [0.4, 0.5) is 4.79 Å². The molecule has 0 unspecified atom stereocenters. The van der Waals surface area contributed by atoms with Crippen LogP contribution in [0.15, 0.2) is 48.5 Å². The fourth-order valence-corrected chi connectivity index (χ4v) is 2.34. The maximum absolute atomic E-state index is 12.1. The quantitative estimate of drug-likeness (QED) is 0.875. The summed E-state index contributed by atoms with van der Waals surface area (Å²) < 4.78 is 5.19. The maximum atomic E-state index is 12.1. The Hall–Kier alpha value is -2.20. The van der Waals surface area contributed by atoms with E-state index in [0.29, 0.717) is 13.1 Å². The lowest BCUT2D eigenvalue weighted by atomic mass is 10.1. The number of urea groups is 1. The molecule has 1 N–H and O–H groups in total. The number of carbonyl (C=O) groups is 1. The van der Waals surface area contributed by atoms with Gasteiger partial charge >= 0.3 is 6.03 Å². The van der Waals surface area contributed by atoms with Crippen LogP contribution < -0.4 is 10.1 Å². The molecule has 0 saturated heterocycles. The van der Waals surface area contributed by atoms with Gasteiger partial charge in [-0.1, -0.05) is 35.9 Å². The van der Waals surface area contributed by atoms with Crippen molar-refractivity contribution in [3.63, 3.8) is 0 Å². The molecule has 0 aromatic heterocycles. The molecule has 0 radical (unpaired) electrons. The Balaban J connectivity index is 1.79. The molecular weight excluding hydrogens is 312 g/mol. The third-order valence-corrected chi connectivity index (χ3v) is 3.76. The van der Waals surface area contributed by atoms with Gasteiger partial charge in [-0.25, -0.2) is 4.79 Å². The molecule has 5 heteroatoms. The number of ether oxygens (including phenoxy) is 1. The van der Waals surface area contributed by atoms with Crippen molar-refractivity contribution in [3.8, 4) is 5.75 Å². The van der Waals surface area contributed by atoms with Gasteiger partial charge in [0.15, 0.2) is 0 Å². The predicted octanol–water partition coefficient (Wildman–Crippen LogP) is 3.73. The van der Waals surface area contributed by atoms with Crippen LogP contribution in [0.2, 0.25) is 5.02 Å². The van der Waals surface area contributed by atoms with E-state index in [1.807, 2.05) is 48.5 Å². The molecule has 2 aromatic rings. The average molecular weight is 333 g/mol. The van der Waals surface area contributed by atoms with Gasteiger partial charge in [-0.2, -0.15) is 0 Å². The predicted molar refractivity (Wildman–Crippen MR) is 93.0 cm³/mol. The Morgan fingerprint density at radius 2 is 1.91 bits per heavy atom. The highest BCUT2D eigenvalue weighted by atomic mass is 35.5. The average Bonchev–Trinajstić information content (AvgIpc) is 2.56. The van der Waals surface area contributed by atoms with Gasteiger partial charge in [-0.05, 0) is 41.8 Å². The van der Waals surface area contributed by atoms with E-state index in [4.69, 9.17) is 16.3 Å². The molecule has 0 heterocycles. The first kappa shape index (κ1) is 17.2. The Morgan fingerprint density at radius 3 is 2.61 bits per heavy atom. The largest absolute Gasteiger partial charge is 0.497 e. The number of rotatable bonds is 6. The smallest absolute Gasteiger partial charge is 0.317 e. The molecule has 0 aliphatic heterocycles. The van der Waals surface area contributed by atoms with E-state index in [0.717, 1.165) is 28.3 Å². The van der Waals surface area contributed by atoms with Gasteiger partial charge in [0.05, 0.1) is 7.11 Å². The lowest BCUT2D eigenvalue weighted by Crippen LogP contribution is -2.37. The highest BCUT2D eigenvalue weighted by Gasteiger charge is 2.09. The van der Waals surface area contributed by atoms with E-state index in [1.165, 1.54) is 0 Å². The van der Waals surface area contributed by atoms with Crippen LogP contribution in [-0.4, -0.2) is 31.6 Å². The Morgan fingerprint density at radius 1 is 1.17 bits per heavy atom. The second-order valence-corrected chi connectivity index (χ2v) is 5.75. The first-order valence-electron chi connectivity index (χ1n) is 7.45. The number of nitrogens with one attached hydrogen (secondary N) is 1. The second kappa shape index (κ2) is 8.44. The van der Waals surface area contributed by atoms with Crippen molar-refractivity contribution in [2.75, 3.05) is 20.7 Å². The third kappa shape index (κ3) is 5.49. The van der Waals surface area contributed by atoms with Gasteiger partial charge in [0.25, 0.3) is 0 Å². The number of hydrogen-bond acceptors (Lipinski definition) is 2. The first-order chi connectivity index (χ1) is 11.1. The summed E-state index contributed by atoms with van der Waals surface area (Å²) in [5, 5.41) is 3.64. The van der Waals surface area contributed by atoms with E-state index in [2.05, 4.69) is 5.32 Å². The number of carbonyl (C=O) groups excluding carboxylic acids is 1. The molecule has 0 atom stereocenters. The van der Waals surface area contributed by atoms with E-state index < -0.39 is 0 Å². The lowest BCUT2D eigenvalue weighted by molar-refractivity contribution is 0.207. The molecule has 2 amide bonds. The van der Waals surface area contributed by atoms with Crippen molar-refractivity contribution in [2.24, 2.45) is 0 Å². The van der Waals surface area contributed by atoms with E-state index in [-0.39, 0.29) is 6.03 Å². The number of hydrogen-bond donors (Lipinski definition) is 1. The van der Waals surface area contributed by atoms with Gasteiger partial charge in [0.2, 0.25) is 0 Å². The molecule has 0 aliphatic carbocycles. The van der Waals surface area contributed by atoms with Gasteiger partial charge in [0.1, 0.15) is 5.75 Å². The molecule has 23 heavy (non-hydrogen) atoms. The molecule has 0 bridgehead atoms. The van der Waals surface area contributed by atoms with Crippen LogP contribution in [0.25, 0.3) is 0 Å². The molecule has 0 saturated carbocycles. The molecule has 0 spiro atoms. The molecule has 4 nitrogen and oxygen atoms in total. The number of methoxy groups -OCH3 is 1. The normalized spacial score (nSPS) is 10.2. The second-order valence-electron chi connectivity index (χ2n) is 5.32. The van der Waals surface area contributed by atoms with Crippen LogP contribution in [-0.2, 0) is 13.0 Å². The van der Waals surface area contributed by atoms with E-state index in [1.54, 1.807) is 19.1 Å². The highest BCUT2D eigenvalue weighted by molar-refractivity contribution is 6.30. The summed E-state index contributed by atoms with van der Waals surface area (Å²) in [7, 11) is 3.41. The molecule has 122 valence electrons. The van der Waals surface area contributed by atoms with Gasteiger partial charge in [-0.15, -0.1) is 0 Å². The van der Waals surface area contributed by atoms with Crippen LogP contribution in [0.5, 0.6) is 5.75 Å². The molecular formula is C18H21ClN2O2. The minimum atomic E-state index is -0.0956. The zero-order chi connectivity index (χ0) is 16.7. The van der Waals surface area contributed by atoms with Gasteiger partial charge in [-0.3, -0.25) is 0 Å². The summed E-state index contributed by atoms with van der Waals surface area (Å²) in [6.07, 6.45) is 0.774. The molecule has 0 fully saturated rings. The van der Waals surface area contributed by atoms with Crippen molar-refractivity contribution >= 4 is 17.6 Å². The lowest BCUT2D eigenvalue weighted by Gasteiger charge is -2.18. The summed E-state index contributed by atoms with van der Waals surface area (Å²) in [6.45, 7) is 1.12. The van der Waals surface area contributed by atoms with E-state index in [9.17, 15) is 4.79 Å². The standard InChI is InChI=1S/C18H21ClN2O2/c1-21(13-15-4-3-5-17(12-15)23-2)18(22)20-11-10-14-6-8-16(19)9-7-14/h3-9,12H,10-11,13H2,1-2H3,(H,20,22). The van der Waals surface area contributed by atoms with Gasteiger partial charge in [0, 0.05) is 25.2 Å². The summed E-state index contributed by atoms with van der Waals surface area (Å²) >= 11 is 5.85. The maximum Gasteiger partial charge on any atom is 0.317 e. The van der Waals surface area contributed by atoms with Crippen molar-refractivity contribution in [2.45, 2.75) is 13.0 Å². The zero-order valence-electron chi connectivity index (χ0n) is 13.4. The van der Waals surface area contributed by atoms with Crippen molar-refractivity contribution in [1.29, 1.82) is 0 Å². The minimum Gasteiger partial charge on any atom is -0.497 e. The Labute approximate surface area is 142 Å². The summed E-state index contributed by atoms with van der Waals surface area (Å²) in [5.74, 6) is 0.791. The zero-order valence-corrected chi connectivity index (χ0v) is 14.1. The summed E-state index contributed by atoms with van der Waals surface area (Å²) in [4.78, 5) is 13.8. The molecule has 0 aliphatic rings. The monoisotopic (exact) mass is 332 g/mol. The minimum absolute atomic E-state index is 0.0956. The number of amides is 2. The number of halogens is 1. The van der Waals surface area contributed by atoms with Crippen LogP contribution in [0, 0.1) is 0 Å². The van der Waals surface area contributed by atoms with Crippen molar-refractivity contribution in [3.05, 3.63) is 64.7 Å². The summed E-state index contributed by atoms with van der Waals surface area (Å²) in [6, 6.07) is 15.2. The van der Waals surface area contributed by atoms with Crippen LogP contribution in [0.3, 0.4) is 0 Å². The summed E-state index contributed by atoms with van der Waals surface area (Å²) in [5.41, 5.74) is 2.17. The first-order valence-corrected chi connectivity index (χ1v) is 7.82.